The molecule has 78 valence electrons. The van der Waals surface area contributed by atoms with Crippen molar-refractivity contribution in [2.75, 3.05) is 5.73 Å². The molecule has 2 nitrogen and oxygen atoms in total. The number of rotatable bonds is 0. The summed E-state index contributed by atoms with van der Waals surface area (Å²) in [7, 11) is 0. The van der Waals surface area contributed by atoms with Crippen LogP contribution in [0.2, 0.25) is 0 Å². The van der Waals surface area contributed by atoms with E-state index in [1.807, 2.05) is 0 Å². The third-order valence-corrected chi connectivity index (χ3v) is 1.86. The van der Waals surface area contributed by atoms with E-state index in [4.69, 9.17) is 5.73 Å². The lowest BCUT2D eigenvalue weighted by Gasteiger charge is -2.13. The SMILES string of the molecule is Cc1nc(N)c(F)c(C)c1C(F)(F)F. The fourth-order valence-electron chi connectivity index (χ4n) is 1.28. The summed E-state index contributed by atoms with van der Waals surface area (Å²) in [4.78, 5) is 3.28. The summed E-state index contributed by atoms with van der Waals surface area (Å²) < 4.78 is 50.1. The van der Waals surface area contributed by atoms with Crippen molar-refractivity contribution in [2.45, 2.75) is 20.0 Å². The molecule has 0 radical (unpaired) electrons. The summed E-state index contributed by atoms with van der Waals surface area (Å²) in [6.07, 6.45) is -4.60. The number of nitrogens with zero attached hydrogens (tertiary/aromatic N) is 1. The number of hydrogen-bond acceptors (Lipinski definition) is 2. The van der Waals surface area contributed by atoms with E-state index < -0.39 is 28.9 Å². The van der Waals surface area contributed by atoms with E-state index >= 15 is 0 Å². The summed E-state index contributed by atoms with van der Waals surface area (Å²) in [6, 6.07) is 0. The Morgan fingerprint density at radius 3 is 2.14 bits per heavy atom. The summed E-state index contributed by atoms with van der Waals surface area (Å²) in [6.45, 7) is 2.18. The zero-order chi connectivity index (χ0) is 11.1. The first kappa shape index (κ1) is 10.7. The molecule has 0 saturated carbocycles. The summed E-state index contributed by atoms with van der Waals surface area (Å²) >= 11 is 0. The number of nitrogen functional groups attached to an aromatic ring is 1. The molecule has 1 aromatic heterocycles. The van der Waals surface area contributed by atoms with Gasteiger partial charge in [0.25, 0.3) is 0 Å². The quantitative estimate of drug-likeness (QED) is 0.665. The first-order valence-corrected chi connectivity index (χ1v) is 3.74. The molecule has 0 amide bonds. The smallest absolute Gasteiger partial charge is 0.381 e. The zero-order valence-corrected chi connectivity index (χ0v) is 7.54. The largest absolute Gasteiger partial charge is 0.418 e. The average Bonchev–Trinajstić information content (AvgIpc) is 1.97. The van der Waals surface area contributed by atoms with Crippen LogP contribution >= 0.6 is 0 Å². The van der Waals surface area contributed by atoms with Gasteiger partial charge in [0, 0.05) is 5.56 Å². The molecule has 0 unspecified atom stereocenters. The van der Waals surface area contributed by atoms with Crippen molar-refractivity contribution in [1.29, 1.82) is 0 Å². The maximum absolute atomic E-state index is 13.0. The molecule has 0 bridgehead atoms. The number of halogens is 4. The molecule has 1 heterocycles. The minimum Gasteiger partial charge on any atom is -0.381 e. The molecule has 6 heteroatoms. The second kappa shape index (κ2) is 3.11. The van der Waals surface area contributed by atoms with E-state index in [1.54, 1.807) is 0 Å². The lowest BCUT2D eigenvalue weighted by atomic mass is 10.1. The van der Waals surface area contributed by atoms with Crippen LogP contribution < -0.4 is 5.73 Å². The van der Waals surface area contributed by atoms with Gasteiger partial charge in [-0.1, -0.05) is 0 Å². The molecule has 0 fully saturated rings. The molecule has 1 aromatic rings. The topological polar surface area (TPSA) is 38.9 Å². The van der Waals surface area contributed by atoms with Crippen molar-refractivity contribution in [3.63, 3.8) is 0 Å². The molecule has 0 aliphatic carbocycles. The van der Waals surface area contributed by atoms with Crippen LogP contribution in [0.4, 0.5) is 23.4 Å². The van der Waals surface area contributed by atoms with E-state index in [9.17, 15) is 17.6 Å². The number of nitrogens with two attached hydrogens (primary N) is 1. The van der Waals surface area contributed by atoms with Gasteiger partial charge >= 0.3 is 6.18 Å². The molecule has 0 aliphatic heterocycles. The number of alkyl halides is 3. The number of pyridine rings is 1. The average molecular weight is 208 g/mol. The molecule has 0 saturated heterocycles. The highest BCUT2D eigenvalue weighted by Gasteiger charge is 2.36. The summed E-state index contributed by atoms with van der Waals surface area (Å²) in [5.41, 5.74) is 3.21. The third-order valence-electron chi connectivity index (χ3n) is 1.86. The van der Waals surface area contributed by atoms with Gasteiger partial charge in [-0.15, -0.1) is 0 Å². The van der Waals surface area contributed by atoms with Gasteiger partial charge in [0.05, 0.1) is 11.3 Å². The van der Waals surface area contributed by atoms with E-state index in [-0.39, 0.29) is 5.69 Å². The van der Waals surface area contributed by atoms with Crippen LogP contribution in [0.25, 0.3) is 0 Å². The van der Waals surface area contributed by atoms with Crippen molar-refractivity contribution in [2.24, 2.45) is 0 Å². The summed E-state index contributed by atoms with van der Waals surface area (Å²) in [5, 5.41) is 0. The Bertz CT molecular complexity index is 371. The number of aryl methyl sites for hydroxylation is 1. The first-order chi connectivity index (χ1) is 6.25. The second-order valence-electron chi connectivity index (χ2n) is 2.89. The van der Waals surface area contributed by atoms with Crippen LogP contribution in [0.15, 0.2) is 0 Å². The Kier molecular flexibility index (Phi) is 2.39. The molecule has 2 N–H and O–H groups in total. The Labute approximate surface area is 77.7 Å². The van der Waals surface area contributed by atoms with Crippen molar-refractivity contribution >= 4 is 5.82 Å². The van der Waals surface area contributed by atoms with Gasteiger partial charge in [0.15, 0.2) is 11.6 Å². The van der Waals surface area contributed by atoms with Gasteiger partial charge in [0.1, 0.15) is 0 Å². The van der Waals surface area contributed by atoms with Crippen molar-refractivity contribution in [1.82, 2.24) is 4.98 Å². The molecule has 1 rings (SSSR count). The minimum atomic E-state index is -4.60. The van der Waals surface area contributed by atoms with E-state index in [0.717, 1.165) is 13.8 Å². The van der Waals surface area contributed by atoms with Crippen LogP contribution in [-0.2, 0) is 6.18 Å². The highest BCUT2D eigenvalue weighted by Crippen LogP contribution is 2.35. The fourth-order valence-corrected chi connectivity index (χ4v) is 1.28. The highest BCUT2D eigenvalue weighted by atomic mass is 19.4. The van der Waals surface area contributed by atoms with Crippen LogP contribution in [0.5, 0.6) is 0 Å². The Morgan fingerprint density at radius 1 is 1.21 bits per heavy atom. The summed E-state index contributed by atoms with van der Waals surface area (Å²) in [5.74, 6) is -1.61. The Morgan fingerprint density at radius 2 is 1.71 bits per heavy atom. The maximum Gasteiger partial charge on any atom is 0.418 e. The lowest BCUT2D eigenvalue weighted by molar-refractivity contribution is -0.138. The van der Waals surface area contributed by atoms with Crippen LogP contribution in [-0.4, -0.2) is 4.98 Å². The van der Waals surface area contributed by atoms with Crippen molar-refractivity contribution < 1.29 is 17.6 Å². The molecule has 0 spiro atoms. The first-order valence-electron chi connectivity index (χ1n) is 3.74. The Hall–Kier alpha value is -1.33. The number of aromatic nitrogens is 1. The fraction of sp³-hybridized carbons (Fsp3) is 0.375. The Balaban J connectivity index is 3.53. The normalized spacial score (nSPS) is 11.9. The molecular formula is C8H8F4N2. The van der Waals surface area contributed by atoms with Gasteiger partial charge in [-0.3, -0.25) is 0 Å². The number of hydrogen-bond donors (Lipinski definition) is 1. The van der Waals surface area contributed by atoms with E-state index in [0.29, 0.717) is 0 Å². The molecule has 0 aromatic carbocycles. The second-order valence-corrected chi connectivity index (χ2v) is 2.89. The predicted molar refractivity (Wildman–Crippen MR) is 43.1 cm³/mol. The van der Waals surface area contributed by atoms with Crippen LogP contribution in [0.3, 0.4) is 0 Å². The van der Waals surface area contributed by atoms with Gasteiger partial charge in [-0.05, 0) is 13.8 Å². The minimum absolute atomic E-state index is 0.311. The molecular weight excluding hydrogens is 200 g/mol. The molecule has 0 aliphatic rings. The monoisotopic (exact) mass is 208 g/mol. The van der Waals surface area contributed by atoms with Gasteiger partial charge < -0.3 is 5.73 Å². The third kappa shape index (κ3) is 1.64. The molecule has 14 heavy (non-hydrogen) atoms. The van der Waals surface area contributed by atoms with Gasteiger partial charge in [-0.25, -0.2) is 9.37 Å². The number of anilines is 1. The highest BCUT2D eigenvalue weighted by molar-refractivity contribution is 5.43. The van der Waals surface area contributed by atoms with E-state index in [2.05, 4.69) is 4.98 Å². The zero-order valence-electron chi connectivity index (χ0n) is 7.54. The van der Waals surface area contributed by atoms with Crippen LogP contribution in [0, 0.1) is 19.7 Å². The van der Waals surface area contributed by atoms with Crippen molar-refractivity contribution in [3.8, 4) is 0 Å². The standard InChI is InChI=1S/C8H8F4N2/c1-3-5(8(10,11)12)4(2)14-7(13)6(3)9/h1-2H3,(H2,13,14). The molecule has 0 atom stereocenters. The van der Waals surface area contributed by atoms with Crippen LogP contribution in [0.1, 0.15) is 16.8 Å². The van der Waals surface area contributed by atoms with E-state index in [1.165, 1.54) is 0 Å². The van der Waals surface area contributed by atoms with Crippen molar-refractivity contribution in [3.05, 3.63) is 22.6 Å². The maximum atomic E-state index is 13.0. The lowest BCUT2D eigenvalue weighted by Crippen LogP contribution is -2.14. The predicted octanol–water partition coefficient (Wildman–Crippen LogP) is 2.44. The van der Waals surface area contributed by atoms with Gasteiger partial charge in [0.2, 0.25) is 0 Å². The van der Waals surface area contributed by atoms with Gasteiger partial charge in [-0.2, -0.15) is 13.2 Å².